The lowest BCUT2D eigenvalue weighted by atomic mass is 10.2. The molecule has 152 valence electrons. The smallest absolute Gasteiger partial charge is 0.191 e. The van der Waals surface area contributed by atoms with Crippen LogP contribution in [0.4, 0.5) is 4.39 Å². The normalized spacial score (nSPS) is 12.2. The molecule has 5 nitrogen and oxygen atoms in total. The standard InChI is InChI=1S/C22H24FN3O2S/c1-15(2)13-26-21(16(3)28-19-11-9-18(23)10-12-19)24-25-22(26)29-14-20(27)17-7-5-4-6-8-17/h4-12,15-16H,13-14H2,1-3H3. The Balaban J connectivity index is 1.75. The maximum atomic E-state index is 13.1. The summed E-state index contributed by atoms with van der Waals surface area (Å²) in [6.45, 7) is 6.81. The number of carbonyl (C=O) groups is 1. The highest BCUT2D eigenvalue weighted by Crippen LogP contribution is 2.26. The summed E-state index contributed by atoms with van der Waals surface area (Å²) >= 11 is 1.37. The van der Waals surface area contributed by atoms with Crippen molar-refractivity contribution in [2.45, 2.75) is 38.6 Å². The number of hydrogen-bond acceptors (Lipinski definition) is 5. The number of halogens is 1. The van der Waals surface area contributed by atoms with E-state index >= 15 is 0 Å². The highest BCUT2D eigenvalue weighted by atomic mass is 32.2. The van der Waals surface area contributed by atoms with Gasteiger partial charge >= 0.3 is 0 Å². The van der Waals surface area contributed by atoms with E-state index in [1.807, 2.05) is 41.8 Å². The number of rotatable bonds is 9. The largest absolute Gasteiger partial charge is 0.483 e. The molecule has 0 aliphatic carbocycles. The molecule has 3 rings (SSSR count). The van der Waals surface area contributed by atoms with Crippen LogP contribution in [0.3, 0.4) is 0 Å². The summed E-state index contributed by atoms with van der Waals surface area (Å²) in [5.74, 6) is 1.63. The summed E-state index contributed by atoms with van der Waals surface area (Å²) < 4.78 is 21.0. The van der Waals surface area contributed by atoms with Crippen LogP contribution < -0.4 is 4.74 Å². The fourth-order valence-corrected chi connectivity index (χ4v) is 3.70. The molecule has 1 unspecified atom stereocenters. The van der Waals surface area contributed by atoms with E-state index in [1.54, 1.807) is 12.1 Å². The molecular weight excluding hydrogens is 389 g/mol. The lowest BCUT2D eigenvalue weighted by Crippen LogP contribution is -2.15. The molecule has 0 amide bonds. The quantitative estimate of drug-likeness (QED) is 0.357. The molecule has 0 saturated carbocycles. The van der Waals surface area contributed by atoms with Crippen LogP contribution in [0.1, 0.15) is 43.1 Å². The zero-order valence-electron chi connectivity index (χ0n) is 16.7. The highest BCUT2D eigenvalue weighted by molar-refractivity contribution is 7.99. The average Bonchev–Trinajstić information content (AvgIpc) is 3.10. The first-order valence-corrected chi connectivity index (χ1v) is 10.5. The van der Waals surface area contributed by atoms with Crippen molar-refractivity contribution in [3.63, 3.8) is 0 Å². The van der Waals surface area contributed by atoms with Gasteiger partial charge in [0.25, 0.3) is 0 Å². The fourth-order valence-electron chi connectivity index (χ4n) is 2.85. The Morgan fingerprint density at radius 2 is 1.76 bits per heavy atom. The van der Waals surface area contributed by atoms with E-state index in [1.165, 1.54) is 23.9 Å². The number of aromatic nitrogens is 3. The zero-order chi connectivity index (χ0) is 20.8. The number of hydrogen-bond donors (Lipinski definition) is 0. The van der Waals surface area contributed by atoms with Crippen molar-refractivity contribution < 1.29 is 13.9 Å². The summed E-state index contributed by atoms with van der Waals surface area (Å²) in [6, 6.07) is 15.1. The Labute approximate surface area is 174 Å². The second-order valence-corrected chi connectivity index (χ2v) is 8.08. The molecule has 0 radical (unpaired) electrons. The van der Waals surface area contributed by atoms with Gasteiger partial charge in [-0.05, 0) is 37.1 Å². The third-order valence-corrected chi connectivity index (χ3v) is 5.18. The van der Waals surface area contributed by atoms with Crippen LogP contribution in [0.2, 0.25) is 0 Å². The number of benzene rings is 2. The van der Waals surface area contributed by atoms with Gasteiger partial charge in [-0.15, -0.1) is 10.2 Å². The summed E-state index contributed by atoms with van der Waals surface area (Å²) in [5, 5.41) is 9.30. The molecule has 3 aromatic rings. The monoisotopic (exact) mass is 413 g/mol. The minimum atomic E-state index is -0.370. The van der Waals surface area contributed by atoms with E-state index in [4.69, 9.17) is 4.74 Å². The van der Waals surface area contributed by atoms with Crippen molar-refractivity contribution in [3.05, 3.63) is 71.8 Å². The summed E-state index contributed by atoms with van der Waals surface area (Å²) in [7, 11) is 0. The number of thioether (sulfide) groups is 1. The lowest BCUT2D eigenvalue weighted by molar-refractivity contribution is 0.102. The Kier molecular flexibility index (Phi) is 7.04. The summed E-state index contributed by atoms with van der Waals surface area (Å²) in [4.78, 5) is 12.4. The first-order chi connectivity index (χ1) is 13.9. The second-order valence-electron chi connectivity index (χ2n) is 7.14. The average molecular weight is 414 g/mol. The number of ketones is 1. The second kappa shape index (κ2) is 9.69. The van der Waals surface area contributed by atoms with Crippen molar-refractivity contribution in [1.29, 1.82) is 0 Å². The molecule has 0 fully saturated rings. The van der Waals surface area contributed by atoms with Crippen molar-refractivity contribution in [2.24, 2.45) is 5.92 Å². The molecule has 1 aromatic heterocycles. The van der Waals surface area contributed by atoms with Gasteiger partial charge in [-0.3, -0.25) is 4.79 Å². The van der Waals surface area contributed by atoms with Crippen molar-refractivity contribution in [1.82, 2.24) is 14.8 Å². The van der Waals surface area contributed by atoms with E-state index in [-0.39, 0.29) is 23.5 Å². The summed E-state index contributed by atoms with van der Waals surface area (Å²) in [6.07, 6.45) is -0.370. The molecule has 29 heavy (non-hydrogen) atoms. The van der Waals surface area contributed by atoms with Gasteiger partial charge in [-0.2, -0.15) is 0 Å². The number of Topliss-reactive ketones (excluding diaryl/α,β-unsaturated/α-hetero) is 1. The van der Waals surface area contributed by atoms with E-state index < -0.39 is 0 Å². The Morgan fingerprint density at radius 3 is 2.41 bits per heavy atom. The molecular formula is C22H24FN3O2S. The molecule has 2 aromatic carbocycles. The van der Waals surface area contributed by atoms with Gasteiger partial charge in [0.1, 0.15) is 11.6 Å². The molecule has 1 atom stereocenters. The highest BCUT2D eigenvalue weighted by Gasteiger charge is 2.21. The van der Waals surface area contributed by atoms with E-state index in [0.29, 0.717) is 34.8 Å². The predicted octanol–water partition coefficient (Wildman–Crippen LogP) is 5.19. The molecule has 1 heterocycles. The van der Waals surface area contributed by atoms with Crippen LogP contribution in [0, 0.1) is 11.7 Å². The van der Waals surface area contributed by atoms with Gasteiger partial charge in [-0.1, -0.05) is 55.9 Å². The number of carbonyl (C=O) groups excluding carboxylic acids is 1. The van der Waals surface area contributed by atoms with Gasteiger partial charge in [-0.25, -0.2) is 4.39 Å². The van der Waals surface area contributed by atoms with Crippen LogP contribution >= 0.6 is 11.8 Å². The van der Waals surface area contributed by atoms with Gasteiger partial charge in [0.2, 0.25) is 0 Å². The fraction of sp³-hybridized carbons (Fsp3) is 0.318. The van der Waals surface area contributed by atoms with Crippen LogP contribution in [0.25, 0.3) is 0 Å². The van der Waals surface area contributed by atoms with Crippen LogP contribution in [0.15, 0.2) is 59.8 Å². The molecule has 7 heteroatoms. The minimum Gasteiger partial charge on any atom is -0.483 e. The van der Waals surface area contributed by atoms with Crippen LogP contribution in [0.5, 0.6) is 5.75 Å². The molecule has 0 spiro atoms. The predicted molar refractivity (Wildman–Crippen MR) is 112 cm³/mol. The maximum Gasteiger partial charge on any atom is 0.191 e. The molecule has 0 aliphatic rings. The van der Waals surface area contributed by atoms with E-state index in [9.17, 15) is 9.18 Å². The number of nitrogens with zero attached hydrogens (tertiary/aromatic N) is 3. The minimum absolute atomic E-state index is 0.0480. The zero-order valence-corrected chi connectivity index (χ0v) is 17.5. The molecule has 0 saturated heterocycles. The van der Waals surface area contributed by atoms with E-state index in [2.05, 4.69) is 24.0 Å². The van der Waals surface area contributed by atoms with Crippen molar-refractivity contribution >= 4 is 17.5 Å². The first kappa shape index (κ1) is 21.0. The molecule has 0 bridgehead atoms. The maximum absolute atomic E-state index is 13.1. The molecule has 0 aliphatic heterocycles. The topological polar surface area (TPSA) is 57.0 Å². The van der Waals surface area contributed by atoms with Gasteiger partial charge in [0, 0.05) is 12.1 Å². The lowest BCUT2D eigenvalue weighted by Gasteiger charge is -2.17. The van der Waals surface area contributed by atoms with Crippen LogP contribution in [-0.2, 0) is 6.54 Å². The third kappa shape index (κ3) is 5.67. The van der Waals surface area contributed by atoms with Crippen molar-refractivity contribution in [3.8, 4) is 5.75 Å². The Morgan fingerprint density at radius 1 is 1.07 bits per heavy atom. The summed E-state index contributed by atoms with van der Waals surface area (Å²) in [5.41, 5.74) is 0.683. The van der Waals surface area contributed by atoms with E-state index in [0.717, 1.165) is 0 Å². The van der Waals surface area contributed by atoms with Crippen LogP contribution in [-0.4, -0.2) is 26.3 Å². The third-order valence-electron chi connectivity index (χ3n) is 4.21. The Bertz CT molecular complexity index is 942. The van der Waals surface area contributed by atoms with Gasteiger partial charge in [0.15, 0.2) is 22.9 Å². The number of ether oxygens (including phenoxy) is 1. The first-order valence-electron chi connectivity index (χ1n) is 9.50. The Hall–Kier alpha value is -2.67. The van der Waals surface area contributed by atoms with Crippen molar-refractivity contribution in [2.75, 3.05) is 5.75 Å². The van der Waals surface area contributed by atoms with Gasteiger partial charge in [0.05, 0.1) is 5.75 Å². The molecule has 0 N–H and O–H groups in total. The van der Waals surface area contributed by atoms with Gasteiger partial charge < -0.3 is 9.30 Å². The SMILES string of the molecule is CC(C)Cn1c(SCC(=O)c2ccccc2)nnc1C(C)Oc1ccc(F)cc1.